The first-order valence-corrected chi connectivity index (χ1v) is 8.33. The molecule has 3 rings (SSSR count). The van der Waals surface area contributed by atoms with Crippen molar-refractivity contribution >= 4 is 5.97 Å². The van der Waals surface area contributed by atoms with Gasteiger partial charge < -0.3 is 9.47 Å². The van der Waals surface area contributed by atoms with Crippen molar-refractivity contribution in [2.45, 2.75) is 38.1 Å². The molecule has 2 heterocycles. The molecule has 2 aliphatic heterocycles. The van der Waals surface area contributed by atoms with Crippen LogP contribution in [0.4, 0.5) is 0 Å². The SMILES string of the molecule is COc1cccc(C(=O)OCC2CCCN3CCCCC23)c1. The summed E-state index contributed by atoms with van der Waals surface area (Å²) in [5.74, 6) is 0.931. The Labute approximate surface area is 132 Å². The fraction of sp³-hybridized carbons (Fsp3) is 0.611. The predicted octanol–water partition coefficient (Wildman–Crippen LogP) is 3.12. The zero-order valence-electron chi connectivity index (χ0n) is 13.3. The molecule has 0 aliphatic carbocycles. The van der Waals surface area contributed by atoms with Crippen LogP contribution in [0.2, 0.25) is 0 Å². The van der Waals surface area contributed by atoms with Crippen LogP contribution in [0.1, 0.15) is 42.5 Å². The lowest BCUT2D eigenvalue weighted by Crippen LogP contribution is -2.49. The van der Waals surface area contributed by atoms with Gasteiger partial charge in [0.1, 0.15) is 5.75 Å². The Kier molecular flexibility index (Phi) is 4.98. The van der Waals surface area contributed by atoms with E-state index in [9.17, 15) is 4.79 Å². The van der Waals surface area contributed by atoms with E-state index in [1.807, 2.05) is 12.1 Å². The summed E-state index contributed by atoms with van der Waals surface area (Å²) in [4.78, 5) is 14.8. The molecule has 2 fully saturated rings. The molecule has 0 radical (unpaired) electrons. The molecule has 0 spiro atoms. The van der Waals surface area contributed by atoms with Crippen LogP contribution in [0.3, 0.4) is 0 Å². The number of ether oxygens (including phenoxy) is 2. The zero-order chi connectivity index (χ0) is 15.4. The zero-order valence-corrected chi connectivity index (χ0v) is 13.3. The molecule has 0 aromatic heterocycles. The van der Waals surface area contributed by atoms with Crippen LogP contribution in [-0.2, 0) is 4.74 Å². The van der Waals surface area contributed by atoms with Gasteiger partial charge >= 0.3 is 5.97 Å². The molecule has 1 aromatic carbocycles. The summed E-state index contributed by atoms with van der Waals surface area (Å²) in [5, 5.41) is 0. The van der Waals surface area contributed by atoms with Gasteiger partial charge in [-0.05, 0) is 57.0 Å². The van der Waals surface area contributed by atoms with E-state index in [-0.39, 0.29) is 5.97 Å². The number of nitrogens with zero attached hydrogens (tertiary/aromatic N) is 1. The lowest BCUT2D eigenvalue weighted by Gasteiger charge is -2.44. The standard InChI is InChI=1S/C18H25NO3/c1-21-16-8-4-6-14(12-16)18(20)22-13-15-7-5-11-19-10-3-2-9-17(15)19/h4,6,8,12,15,17H,2-3,5,7,9-11,13H2,1H3. The Bertz CT molecular complexity index is 515. The summed E-state index contributed by atoms with van der Waals surface area (Å²) in [5.41, 5.74) is 0.565. The van der Waals surface area contributed by atoms with Crippen molar-refractivity contribution in [3.05, 3.63) is 29.8 Å². The van der Waals surface area contributed by atoms with Gasteiger partial charge in [-0.1, -0.05) is 12.5 Å². The van der Waals surface area contributed by atoms with Crippen molar-refractivity contribution in [3.63, 3.8) is 0 Å². The van der Waals surface area contributed by atoms with E-state index in [1.165, 1.54) is 45.2 Å². The predicted molar refractivity (Wildman–Crippen MR) is 85.2 cm³/mol. The second kappa shape index (κ2) is 7.14. The first kappa shape index (κ1) is 15.3. The molecule has 0 N–H and O–H groups in total. The Balaban J connectivity index is 1.57. The summed E-state index contributed by atoms with van der Waals surface area (Å²) < 4.78 is 10.8. The lowest BCUT2D eigenvalue weighted by molar-refractivity contribution is 0.00737. The van der Waals surface area contributed by atoms with Gasteiger partial charge in [-0.3, -0.25) is 4.90 Å². The molecule has 0 saturated carbocycles. The quantitative estimate of drug-likeness (QED) is 0.801. The Morgan fingerprint density at radius 3 is 2.95 bits per heavy atom. The van der Waals surface area contributed by atoms with Crippen LogP contribution in [-0.4, -0.2) is 43.7 Å². The van der Waals surface area contributed by atoms with Crippen LogP contribution in [0.15, 0.2) is 24.3 Å². The van der Waals surface area contributed by atoms with E-state index in [1.54, 1.807) is 19.2 Å². The van der Waals surface area contributed by atoms with Gasteiger partial charge in [0, 0.05) is 12.0 Å². The van der Waals surface area contributed by atoms with E-state index in [4.69, 9.17) is 9.47 Å². The minimum absolute atomic E-state index is 0.244. The molecule has 120 valence electrons. The molecule has 4 nitrogen and oxygen atoms in total. The molecule has 1 aromatic rings. The van der Waals surface area contributed by atoms with Gasteiger partial charge in [-0.25, -0.2) is 4.79 Å². The molecule has 2 saturated heterocycles. The van der Waals surface area contributed by atoms with Gasteiger partial charge in [0.15, 0.2) is 0 Å². The number of piperidine rings is 2. The average Bonchev–Trinajstić information content (AvgIpc) is 2.59. The molecule has 0 amide bonds. The van der Waals surface area contributed by atoms with Crippen LogP contribution in [0.25, 0.3) is 0 Å². The first-order chi connectivity index (χ1) is 10.8. The van der Waals surface area contributed by atoms with Crippen LogP contribution < -0.4 is 4.74 Å². The minimum atomic E-state index is -0.244. The van der Waals surface area contributed by atoms with Crippen molar-refractivity contribution in [2.75, 3.05) is 26.8 Å². The van der Waals surface area contributed by atoms with E-state index in [0.717, 1.165) is 0 Å². The number of hydrogen-bond acceptors (Lipinski definition) is 4. The number of esters is 1. The van der Waals surface area contributed by atoms with Crippen LogP contribution >= 0.6 is 0 Å². The molecule has 0 bridgehead atoms. The summed E-state index contributed by atoms with van der Waals surface area (Å²) in [6, 6.07) is 7.77. The number of hydrogen-bond donors (Lipinski definition) is 0. The molecule has 22 heavy (non-hydrogen) atoms. The molecular weight excluding hydrogens is 278 g/mol. The third kappa shape index (κ3) is 3.43. The van der Waals surface area contributed by atoms with E-state index in [0.29, 0.717) is 29.9 Å². The minimum Gasteiger partial charge on any atom is -0.497 e. The first-order valence-electron chi connectivity index (χ1n) is 8.33. The van der Waals surface area contributed by atoms with Crippen LogP contribution in [0.5, 0.6) is 5.75 Å². The monoisotopic (exact) mass is 303 g/mol. The van der Waals surface area contributed by atoms with Crippen molar-refractivity contribution in [1.29, 1.82) is 0 Å². The summed E-state index contributed by atoms with van der Waals surface area (Å²) in [6.07, 6.45) is 6.26. The molecular formula is C18H25NO3. The number of methoxy groups -OCH3 is 1. The topological polar surface area (TPSA) is 38.8 Å². The number of rotatable bonds is 4. The maximum Gasteiger partial charge on any atom is 0.338 e. The number of fused-ring (bicyclic) bond motifs is 1. The van der Waals surface area contributed by atoms with Crippen molar-refractivity contribution < 1.29 is 14.3 Å². The second-order valence-electron chi connectivity index (χ2n) is 6.33. The van der Waals surface area contributed by atoms with Crippen molar-refractivity contribution in [2.24, 2.45) is 5.92 Å². The van der Waals surface area contributed by atoms with Crippen molar-refractivity contribution in [1.82, 2.24) is 4.90 Å². The fourth-order valence-corrected chi connectivity index (χ4v) is 3.79. The smallest absolute Gasteiger partial charge is 0.338 e. The third-order valence-corrected chi connectivity index (χ3v) is 4.96. The summed E-state index contributed by atoms with van der Waals surface area (Å²) in [6.45, 7) is 2.97. The highest BCUT2D eigenvalue weighted by Gasteiger charge is 2.33. The largest absolute Gasteiger partial charge is 0.497 e. The normalized spacial score (nSPS) is 25.3. The van der Waals surface area contributed by atoms with E-state index >= 15 is 0 Å². The van der Waals surface area contributed by atoms with Gasteiger partial charge in [0.2, 0.25) is 0 Å². The maximum absolute atomic E-state index is 12.2. The average molecular weight is 303 g/mol. The summed E-state index contributed by atoms with van der Waals surface area (Å²) in [7, 11) is 1.60. The Morgan fingerprint density at radius 1 is 1.23 bits per heavy atom. The highest BCUT2D eigenvalue weighted by atomic mass is 16.5. The van der Waals surface area contributed by atoms with Gasteiger partial charge in [-0.15, -0.1) is 0 Å². The highest BCUT2D eigenvalue weighted by molar-refractivity contribution is 5.89. The van der Waals surface area contributed by atoms with Gasteiger partial charge in [-0.2, -0.15) is 0 Å². The Hall–Kier alpha value is -1.55. The van der Waals surface area contributed by atoms with Gasteiger partial charge in [0.05, 0.1) is 19.3 Å². The molecule has 2 unspecified atom stereocenters. The fourth-order valence-electron chi connectivity index (χ4n) is 3.79. The van der Waals surface area contributed by atoms with E-state index in [2.05, 4.69) is 4.90 Å². The van der Waals surface area contributed by atoms with E-state index < -0.39 is 0 Å². The maximum atomic E-state index is 12.2. The lowest BCUT2D eigenvalue weighted by atomic mass is 9.84. The molecule has 2 aliphatic rings. The number of benzene rings is 1. The number of carbonyl (C=O) groups is 1. The number of carbonyl (C=O) groups excluding carboxylic acids is 1. The second-order valence-corrected chi connectivity index (χ2v) is 6.33. The molecule has 2 atom stereocenters. The van der Waals surface area contributed by atoms with Crippen LogP contribution in [0, 0.1) is 5.92 Å². The molecule has 4 heteroatoms. The van der Waals surface area contributed by atoms with Gasteiger partial charge in [0.25, 0.3) is 0 Å². The van der Waals surface area contributed by atoms with Crippen molar-refractivity contribution in [3.8, 4) is 5.75 Å². The summed E-state index contributed by atoms with van der Waals surface area (Å²) >= 11 is 0. The third-order valence-electron chi connectivity index (χ3n) is 4.96. The highest BCUT2D eigenvalue weighted by Crippen LogP contribution is 2.31. The Morgan fingerprint density at radius 2 is 2.09 bits per heavy atom.